The molecule has 2 rings (SSSR count). The van der Waals surface area contributed by atoms with Crippen LogP contribution in [-0.4, -0.2) is 30.5 Å². The highest BCUT2D eigenvalue weighted by molar-refractivity contribution is 6.18. The summed E-state index contributed by atoms with van der Waals surface area (Å²) in [5, 5.41) is 3.20. The van der Waals surface area contributed by atoms with Gasteiger partial charge in [-0.05, 0) is 44.4 Å². The first-order valence-corrected chi connectivity index (χ1v) is 8.23. The van der Waals surface area contributed by atoms with Gasteiger partial charge in [-0.15, -0.1) is 11.6 Å². The summed E-state index contributed by atoms with van der Waals surface area (Å²) in [6.07, 6.45) is 7.87. The van der Waals surface area contributed by atoms with Crippen molar-refractivity contribution in [1.82, 2.24) is 5.32 Å². The van der Waals surface area contributed by atoms with Gasteiger partial charge in [-0.3, -0.25) is 4.79 Å². The summed E-state index contributed by atoms with van der Waals surface area (Å²) in [6, 6.07) is 0.307. The summed E-state index contributed by atoms with van der Waals surface area (Å²) in [7, 11) is 0. The Bertz CT molecular complexity index is 292. The van der Waals surface area contributed by atoms with Crippen LogP contribution < -0.4 is 5.32 Å². The number of ether oxygens (including phenoxy) is 1. The first-order chi connectivity index (χ1) is 9.22. The summed E-state index contributed by atoms with van der Waals surface area (Å²) in [6.45, 7) is 2.80. The van der Waals surface area contributed by atoms with Gasteiger partial charge in [-0.2, -0.15) is 0 Å². The lowest BCUT2D eigenvalue weighted by atomic mass is 9.79. The average molecular weight is 288 g/mol. The molecular weight excluding hydrogens is 262 g/mol. The Morgan fingerprint density at radius 3 is 2.74 bits per heavy atom. The molecule has 0 aliphatic heterocycles. The molecule has 0 aromatic rings. The van der Waals surface area contributed by atoms with E-state index in [1.54, 1.807) is 0 Å². The van der Waals surface area contributed by atoms with Crippen LogP contribution in [0.2, 0.25) is 0 Å². The highest BCUT2D eigenvalue weighted by atomic mass is 35.5. The number of hydrogen-bond donors (Lipinski definition) is 1. The summed E-state index contributed by atoms with van der Waals surface area (Å²) < 4.78 is 5.52. The lowest BCUT2D eigenvalue weighted by molar-refractivity contribution is -0.125. The zero-order chi connectivity index (χ0) is 13.7. The Labute approximate surface area is 121 Å². The van der Waals surface area contributed by atoms with E-state index in [1.165, 1.54) is 12.8 Å². The van der Waals surface area contributed by atoms with Crippen LogP contribution in [0.1, 0.15) is 51.9 Å². The molecule has 0 spiro atoms. The summed E-state index contributed by atoms with van der Waals surface area (Å²) >= 11 is 5.99. The van der Waals surface area contributed by atoms with Crippen LogP contribution in [0.5, 0.6) is 0 Å². The maximum atomic E-state index is 12.0. The van der Waals surface area contributed by atoms with E-state index in [4.69, 9.17) is 16.3 Å². The molecule has 2 aliphatic carbocycles. The molecule has 0 saturated heterocycles. The summed E-state index contributed by atoms with van der Waals surface area (Å²) in [5.41, 5.74) is 0. The molecular formula is C15H26ClNO2. The third-order valence-electron chi connectivity index (χ3n) is 4.52. The fourth-order valence-corrected chi connectivity index (χ4v) is 3.69. The number of carbonyl (C=O) groups excluding carboxylic acids is 1. The molecule has 3 nitrogen and oxygen atoms in total. The number of carbonyl (C=O) groups is 1. The standard InChI is InChI=1S/C15H26ClNO2/c1-2-19-13-7-11(8-13)9-15(18)17-14-6-4-3-5-12(14)10-16/h11-14H,2-10H2,1H3,(H,17,18). The minimum atomic E-state index is 0.210. The summed E-state index contributed by atoms with van der Waals surface area (Å²) in [5.74, 6) is 1.87. The van der Waals surface area contributed by atoms with Crippen LogP contribution in [0.3, 0.4) is 0 Å². The molecule has 19 heavy (non-hydrogen) atoms. The molecule has 0 radical (unpaired) electrons. The third-order valence-corrected chi connectivity index (χ3v) is 4.92. The second kappa shape index (κ2) is 7.49. The van der Waals surface area contributed by atoms with Crippen LogP contribution in [-0.2, 0) is 9.53 Å². The van der Waals surface area contributed by atoms with Crippen molar-refractivity contribution in [1.29, 1.82) is 0 Å². The molecule has 2 saturated carbocycles. The minimum Gasteiger partial charge on any atom is -0.378 e. The Hall–Kier alpha value is -0.280. The van der Waals surface area contributed by atoms with Crippen LogP contribution in [0, 0.1) is 11.8 Å². The van der Waals surface area contributed by atoms with Gasteiger partial charge in [0.25, 0.3) is 0 Å². The van der Waals surface area contributed by atoms with Gasteiger partial charge in [0.05, 0.1) is 6.10 Å². The SMILES string of the molecule is CCOC1CC(CC(=O)NC2CCCCC2CCl)C1. The van der Waals surface area contributed by atoms with E-state index in [0.717, 1.165) is 32.3 Å². The van der Waals surface area contributed by atoms with E-state index in [0.29, 0.717) is 36.3 Å². The number of hydrogen-bond acceptors (Lipinski definition) is 2. The van der Waals surface area contributed by atoms with Gasteiger partial charge < -0.3 is 10.1 Å². The van der Waals surface area contributed by atoms with E-state index in [2.05, 4.69) is 5.32 Å². The average Bonchev–Trinajstić information content (AvgIpc) is 2.37. The van der Waals surface area contributed by atoms with E-state index in [9.17, 15) is 4.79 Å². The van der Waals surface area contributed by atoms with Crippen molar-refractivity contribution in [2.45, 2.75) is 64.0 Å². The minimum absolute atomic E-state index is 0.210. The normalized spacial score (nSPS) is 34.6. The van der Waals surface area contributed by atoms with E-state index >= 15 is 0 Å². The van der Waals surface area contributed by atoms with Crippen LogP contribution in [0.25, 0.3) is 0 Å². The van der Waals surface area contributed by atoms with Gasteiger partial charge in [-0.1, -0.05) is 12.8 Å². The topological polar surface area (TPSA) is 38.3 Å². The number of alkyl halides is 1. The molecule has 0 heterocycles. The lowest BCUT2D eigenvalue weighted by Gasteiger charge is -2.36. The smallest absolute Gasteiger partial charge is 0.220 e. The van der Waals surface area contributed by atoms with Gasteiger partial charge in [0.2, 0.25) is 5.91 Å². The van der Waals surface area contributed by atoms with Gasteiger partial charge >= 0.3 is 0 Å². The second-order valence-corrected chi connectivity index (χ2v) is 6.30. The number of amides is 1. The number of nitrogens with one attached hydrogen (secondary N) is 1. The number of rotatable bonds is 6. The highest BCUT2D eigenvalue weighted by Crippen LogP contribution is 2.33. The van der Waals surface area contributed by atoms with Crippen molar-refractivity contribution < 1.29 is 9.53 Å². The van der Waals surface area contributed by atoms with Crippen molar-refractivity contribution in [3.05, 3.63) is 0 Å². The zero-order valence-corrected chi connectivity index (χ0v) is 12.6. The monoisotopic (exact) mass is 287 g/mol. The van der Waals surface area contributed by atoms with Crippen molar-refractivity contribution in [2.75, 3.05) is 12.5 Å². The van der Waals surface area contributed by atoms with E-state index in [-0.39, 0.29) is 5.91 Å². The zero-order valence-electron chi connectivity index (χ0n) is 11.9. The quantitative estimate of drug-likeness (QED) is 0.762. The molecule has 4 heteroatoms. The Morgan fingerprint density at radius 1 is 1.32 bits per heavy atom. The van der Waals surface area contributed by atoms with Gasteiger partial charge in [0, 0.05) is 24.9 Å². The first-order valence-electron chi connectivity index (χ1n) is 7.69. The highest BCUT2D eigenvalue weighted by Gasteiger charge is 2.32. The van der Waals surface area contributed by atoms with Crippen molar-refractivity contribution in [3.63, 3.8) is 0 Å². The molecule has 1 N–H and O–H groups in total. The van der Waals surface area contributed by atoms with Crippen molar-refractivity contribution >= 4 is 17.5 Å². The van der Waals surface area contributed by atoms with Crippen molar-refractivity contribution in [3.8, 4) is 0 Å². The molecule has 2 atom stereocenters. The molecule has 0 aromatic heterocycles. The fraction of sp³-hybridized carbons (Fsp3) is 0.933. The number of halogens is 1. The second-order valence-electron chi connectivity index (χ2n) is 5.99. The molecule has 2 unspecified atom stereocenters. The maximum absolute atomic E-state index is 12.0. The lowest BCUT2D eigenvalue weighted by Crippen LogP contribution is -2.44. The molecule has 2 fully saturated rings. The van der Waals surface area contributed by atoms with Gasteiger partial charge in [-0.25, -0.2) is 0 Å². The van der Waals surface area contributed by atoms with Crippen LogP contribution in [0.15, 0.2) is 0 Å². The Kier molecular flexibility index (Phi) is 5.96. The predicted octanol–water partition coefficient (Wildman–Crippen LogP) is 3.11. The van der Waals surface area contributed by atoms with Crippen molar-refractivity contribution in [2.24, 2.45) is 11.8 Å². The first kappa shape index (κ1) is 15.1. The Morgan fingerprint density at radius 2 is 2.05 bits per heavy atom. The van der Waals surface area contributed by atoms with Gasteiger partial charge in [0.1, 0.15) is 0 Å². The largest absolute Gasteiger partial charge is 0.378 e. The van der Waals surface area contributed by atoms with E-state index < -0.39 is 0 Å². The molecule has 0 aromatic carbocycles. The predicted molar refractivity (Wildman–Crippen MR) is 77.4 cm³/mol. The summed E-state index contributed by atoms with van der Waals surface area (Å²) in [4.78, 5) is 12.0. The Balaban J connectivity index is 1.67. The third kappa shape index (κ3) is 4.35. The molecule has 0 bridgehead atoms. The van der Waals surface area contributed by atoms with Crippen LogP contribution in [0.4, 0.5) is 0 Å². The molecule has 2 aliphatic rings. The molecule has 1 amide bonds. The molecule has 110 valence electrons. The van der Waals surface area contributed by atoms with Crippen LogP contribution >= 0.6 is 11.6 Å². The van der Waals surface area contributed by atoms with Gasteiger partial charge in [0.15, 0.2) is 0 Å². The van der Waals surface area contributed by atoms with E-state index in [1.807, 2.05) is 6.92 Å². The maximum Gasteiger partial charge on any atom is 0.220 e. The fourth-order valence-electron chi connectivity index (χ4n) is 3.32.